The van der Waals surface area contributed by atoms with E-state index in [9.17, 15) is 14.9 Å². The first kappa shape index (κ1) is 19.8. The number of hydrogen-bond donors (Lipinski definition) is 1. The van der Waals surface area contributed by atoms with Crippen LogP contribution in [-0.2, 0) is 10.3 Å². The molecule has 0 saturated carbocycles. The molecule has 0 saturated heterocycles. The van der Waals surface area contributed by atoms with Gasteiger partial charge >= 0.3 is 0 Å². The third-order valence-electron chi connectivity index (χ3n) is 2.91. The van der Waals surface area contributed by atoms with Crippen LogP contribution in [-0.4, -0.2) is 36.8 Å². The molecule has 134 valence electrons. The van der Waals surface area contributed by atoms with E-state index < -0.39 is 4.92 Å². The summed E-state index contributed by atoms with van der Waals surface area (Å²) in [5, 5.41) is 25.6. The first-order chi connectivity index (χ1) is 11.6. The smallest absolute Gasteiger partial charge is 0.271 e. The van der Waals surface area contributed by atoms with Gasteiger partial charge in [0.2, 0.25) is 11.1 Å². The van der Waals surface area contributed by atoms with Crippen molar-refractivity contribution < 1.29 is 9.72 Å². The lowest BCUT2D eigenvalue weighted by Crippen LogP contribution is -2.24. The fraction of sp³-hybridized carbons (Fsp3) is 0.385. The number of nitro groups is 1. The van der Waals surface area contributed by atoms with Gasteiger partial charge in [0.05, 0.1) is 21.9 Å². The summed E-state index contributed by atoms with van der Waals surface area (Å²) in [6, 6.07) is 2.65. The van der Waals surface area contributed by atoms with E-state index in [1.165, 1.54) is 23.9 Å². The van der Waals surface area contributed by atoms with Gasteiger partial charge in [0, 0.05) is 21.1 Å². The summed E-state index contributed by atoms with van der Waals surface area (Å²) in [5.41, 5.74) is 0.0364. The Hall–Kier alpha value is -1.53. The average molecular weight is 494 g/mol. The van der Waals surface area contributed by atoms with Gasteiger partial charge in [0.15, 0.2) is 0 Å². The van der Waals surface area contributed by atoms with Gasteiger partial charge in [-0.05, 0) is 63.1 Å². The van der Waals surface area contributed by atoms with Crippen molar-refractivity contribution in [1.82, 2.24) is 20.2 Å². The van der Waals surface area contributed by atoms with Gasteiger partial charge in [-0.3, -0.25) is 14.9 Å². The van der Waals surface area contributed by atoms with Crippen LogP contribution in [0.3, 0.4) is 0 Å². The van der Waals surface area contributed by atoms with E-state index in [0.717, 1.165) is 0 Å². The van der Waals surface area contributed by atoms with Gasteiger partial charge in [0.1, 0.15) is 0 Å². The van der Waals surface area contributed by atoms with Crippen LogP contribution >= 0.6 is 43.6 Å². The maximum atomic E-state index is 12.2. The molecule has 25 heavy (non-hydrogen) atoms. The summed E-state index contributed by atoms with van der Waals surface area (Å²) in [6.45, 7) is 5.87. The van der Waals surface area contributed by atoms with Crippen LogP contribution in [0.4, 0.5) is 11.4 Å². The van der Waals surface area contributed by atoms with Crippen molar-refractivity contribution in [2.45, 2.75) is 31.5 Å². The quantitative estimate of drug-likeness (QED) is 0.384. The number of non-ortho nitro benzene ring substituents is 1. The molecule has 0 aliphatic heterocycles. The van der Waals surface area contributed by atoms with E-state index in [2.05, 4.69) is 52.7 Å². The maximum Gasteiger partial charge on any atom is 0.271 e. The number of hydrogen-bond acceptors (Lipinski definition) is 7. The van der Waals surface area contributed by atoms with E-state index >= 15 is 0 Å². The third kappa shape index (κ3) is 4.98. The number of halogens is 2. The molecule has 12 heteroatoms. The zero-order chi connectivity index (χ0) is 18.8. The van der Waals surface area contributed by atoms with Gasteiger partial charge in [-0.25, -0.2) is 4.68 Å². The van der Waals surface area contributed by atoms with Crippen molar-refractivity contribution in [2.24, 2.45) is 0 Å². The van der Waals surface area contributed by atoms with Gasteiger partial charge in [0.25, 0.3) is 5.69 Å². The monoisotopic (exact) mass is 492 g/mol. The molecule has 0 fully saturated rings. The highest BCUT2D eigenvalue weighted by atomic mass is 79.9. The molecule has 0 unspecified atom stereocenters. The number of thioether (sulfide) groups is 1. The van der Waals surface area contributed by atoms with Crippen molar-refractivity contribution in [3.63, 3.8) is 0 Å². The van der Waals surface area contributed by atoms with E-state index in [1.807, 2.05) is 20.8 Å². The molecule has 1 aromatic heterocycles. The number of carbonyl (C=O) groups excluding carboxylic acids is 1. The Labute approximate surface area is 164 Å². The zero-order valence-corrected chi connectivity index (χ0v) is 17.5. The predicted molar refractivity (Wildman–Crippen MR) is 101 cm³/mol. The van der Waals surface area contributed by atoms with Crippen LogP contribution in [0.1, 0.15) is 20.8 Å². The average Bonchev–Trinajstić information content (AvgIpc) is 2.97. The Balaban J connectivity index is 2.07. The van der Waals surface area contributed by atoms with E-state index in [-0.39, 0.29) is 22.9 Å². The molecular weight excluding hydrogens is 480 g/mol. The number of aromatic nitrogens is 4. The van der Waals surface area contributed by atoms with E-state index in [4.69, 9.17) is 0 Å². The van der Waals surface area contributed by atoms with Crippen LogP contribution < -0.4 is 5.32 Å². The fourth-order valence-electron chi connectivity index (χ4n) is 1.78. The molecule has 0 radical (unpaired) electrons. The lowest BCUT2D eigenvalue weighted by atomic mass is 10.1. The summed E-state index contributed by atoms with van der Waals surface area (Å²) in [7, 11) is 0. The Morgan fingerprint density at radius 2 is 1.96 bits per heavy atom. The lowest BCUT2D eigenvalue weighted by molar-refractivity contribution is -0.385. The third-order valence-corrected chi connectivity index (χ3v) is 5.08. The van der Waals surface area contributed by atoms with Crippen molar-refractivity contribution in [2.75, 3.05) is 11.1 Å². The zero-order valence-electron chi connectivity index (χ0n) is 13.5. The molecular formula is C13H14Br2N6O3S. The summed E-state index contributed by atoms with van der Waals surface area (Å²) in [5.74, 6) is -0.199. The fourth-order valence-corrected chi connectivity index (χ4v) is 4.00. The SMILES string of the molecule is CC(C)(C)n1nnnc1SCC(=O)Nc1c(Br)cc([N+](=O)[O-])cc1Br. The first-order valence-corrected chi connectivity index (χ1v) is 9.51. The van der Waals surface area contributed by atoms with Crippen LogP contribution in [0.2, 0.25) is 0 Å². The van der Waals surface area contributed by atoms with E-state index in [0.29, 0.717) is 19.8 Å². The number of tetrazole rings is 1. The van der Waals surface area contributed by atoms with Crippen molar-refractivity contribution in [3.8, 4) is 0 Å². The molecule has 0 bridgehead atoms. The van der Waals surface area contributed by atoms with E-state index in [1.54, 1.807) is 4.68 Å². The molecule has 2 aromatic rings. The Bertz CT molecular complexity index is 797. The molecule has 9 nitrogen and oxygen atoms in total. The molecule has 0 aliphatic carbocycles. The standard InChI is InChI=1S/C13H14Br2N6O3S/c1-13(2,3)20-12(17-18-19-20)25-6-10(22)16-11-8(14)4-7(21(23)24)5-9(11)15/h4-5H,6H2,1-3H3,(H,16,22). The summed E-state index contributed by atoms with van der Waals surface area (Å²) < 4.78 is 2.46. The number of nitrogens with one attached hydrogen (secondary N) is 1. The highest BCUT2D eigenvalue weighted by Gasteiger charge is 2.21. The second kappa shape index (κ2) is 7.79. The lowest BCUT2D eigenvalue weighted by Gasteiger charge is -2.19. The van der Waals surface area contributed by atoms with Crippen LogP contribution in [0, 0.1) is 10.1 Å². The maximum absolute atomic E-state index is 12.2. The highest BCUT2D eigenvalue weighted by molar-refractivity contribution is 9.11. The second-order valence-corrected chi connectivity index (χ2v) is 8.57. The van der Waals surface area contributed by atoms with Gasteiger partial charge < -0.3 is 5.32 Å². The van der Waals surface area contributed by atoms with Gasteiger partial charge in [-0.1, -0.05) is 11.8 Å². The number of carbonyl (C=O) groups is 1. The number of nitro benzene ring substituents is 1. The largest absolute Gasteiger partial charge is 0.323 e. The van der Waals surface area contributed by atoms with Crippen molar-refractivity contribution in [1.29, 1.82) is 0 Å². The number of amides is 1. The Morgan fingerprint density at radius 1 is 1.36 bits per heavy atom. The first-order valence-electron chi connectivity index (χ1n) is 6.94. The minimum atomic E-state index is -0.511. The molecule has 1 amide bonds. The number of rotatable bonds is 5. The molecule has 1 heterocycles. The number of nitrogens with zero attached hydrogens (tertiary/aromatic N) is 5. The molecule has 0 spiro atoms. The number of benzene rings is 1. The van der Waals surface area contributed by atoms with Gasteiger partial charge in [-0.15, -0.1) is 5.10 Å². The van der Waals surface area contributed by atoms with Crippen LogP contribution in [0.25, 0.3) is 0 Å². The molecule has 1 N–H and O–H groups in total. The minimum absolute atomic E-state index is 0.0875. The topological polar surface area (TPSA) is 116 Å². The Kier molecular flexibility index (Phi) is 6.16. The predicted octanol–water partition coefficient (Wildman–Crippen LogP) is 3.59. The number of anilines is 1. The summed E-state index contributed by atoms with van der Waals surface area (Å²) in [4.78, 5) is 22.5. The van der Waals surface area contributed by atoms with Crippen molar-refractivity contribution in [3.05, 3.63) is 31.2 Å². The Morgan fingerprint density at radius 3 is 2.48 bits per heavy atom. The summed E-state index contributed by atoms with van der Waals surface area (Å²) in [6.07, 6.45) is 0. The van der Waals surface area contributed by atoms with Crippen LogP contribution in [0.15, 0.2) is 26.2 Å². The molecule has 0 atom stereocenters. The molecule has 1 aromatic carbocycles. The second-order valence-electron chi connectivity index (χ2n) is 5.92. The van der Waals surface area contributed by atoms with Gasteiger partial charge in [-0.2, -0.15) is 0 Å². The van der Waals surface area contributed by atoms with Crippen molar-refractivity contribution >= 4 is 60.9 Å². The highest BCUT2D eigenvalue weighted by Crippen LogP contribution is 2.35. The summed E-state index contributed by atoms with van der Waals surface area (Å²) >= 11 is 7.66. The normalized spacial score (nSPS) is 11.4. The molecule has 2 rings (SSSR count). The molecule has 0 aliphatic rings. The van der Waals surface area contributed by atoms with Crippen LogP contribution in [0.5, 0.6) is 0 Å². The minimum Gasteiger partial charge on any atom is -0.323 e.